The number of aliphatic hydroxyl groups is 1. The van der Waals surface area contributed by atoms with E-state index in [1.807, 2.05) is 0 Å². The molecule has 0 saturated heterocycles. The average Bonchev–Trinajstić information content (AvgIpc) is 2.64. The predicted octanol–water partition coefficient (Wildman–Crippen LogP) is 1.36. The fourth-order valence-electron chi connectivity index (χ4n) is 3.01. The quantitative estimate of drug-likeness (QED) is 0.583. The van der Waals surface area contributed by atoms with Crippen LogP contribution >= 0.6 is 0 Å². The van der Waals surface area contributed by atoms with E-state index in [4.69, 9.17) is 19.3 Å². The number of phenolic OH excluding ortho intramolecular Hbond substituents is 2. The van der Waals surface area contributed by atoms with Crippen LogP contribution in [0.2, 0.25) is 0 Å². The topological polar surface area (TPSA) is 123 Å². The molecule has 8 heteroatoms. The molecule has 0 heterocycles. The number of aromatic hydroxyl groups is 2. The zero-order valence-corrected chi connectivity index (χ0v) is 14.0. The molecule has 3 rings (SSSR count). The maximum Gasteiger partial charge on any atom is 0.198 e. The Morgan fingerprint density at radius 1 is 0.962 bits per heavy atom. The molecule has 0 spiro atoms. The third kappa shape index (κ3) is 2.47. The third-order valence-corrected chi connectivity index (χ3v) is 4.21. The molecule has 2 aromatic carbocycles. The van der Waals surface area contributed by atoms with Crippen molar-refractivity contribution in [3.05, 3.63) is 46.0 Å². The minimum absolute atomic E-state index is 0.00232. The summed E-state index contributed by atoms with van der Waals surface area (Å²) in [5.41, 5.74) is -0.429. The van der Waals surface area contributed by atoms with Crippen molar-refractivity contribution >= 4 is 11.6 Å². The van der Waals surface area contributed by atoms with Gasteiger partial charge in [-0.2, -0.15) is 0 Å². The summed E-state index contributed by atoms with van der Waals surface area (Å²) in [6.07, 6.45) is 0. The highest BCUT2D eigenvalue weighted by atomic mass is 16.6. The second kappa shape index (κ2) is 6.66. The Balaban J connectivity index is 2.26. The smallest absolute Gasteiger partial charge is 0.198 e. The van der Waals surface area contributed by atoms with Gasteiger partial charge in [-0.05, 0) is 18.2 Å². The lowest BCUT2D eigenvalue weighted by Gasteiger charge is -2.23. The van der Waals surface area contributed by atoms with Gasteiger partial charge in [0, 0.05) is 11.1 Å². The van der Waals surface area contributed by atoms with Crippen molar-refractivity contribution in [1.29, 1.82) is 0 Å². The summed E-state index contributed by atoms with van der Waals surface area (Å²) in [7, 11) is 2.74. The van der Waals surface area contributed by atoms with Crippen LogP contribution in [0.15, 0.2) is 18.2 Å². The number of ketones is 2. The van der Waals surface area contributed by atoms with Crippen molar-refractivity contribution in [1.82, 2.24) is 0 Å². The van der Waals surface area contributed by atoms with Crippen LogP contribution in [0.1, 0.15) is 37.4 Å². The van der Waals surface area contributed by atoms with Crippen LogP contribution in [0, 0.1) is 0 Å². The van der Waals surface area contributed by atoms with E-state index in [2.05, 4.69) is 0 Å². The summed E-state index contributed by atoms with van der Waals surface area (Å²) in [6, 6.07) is 3.99. The minimum atomic E-state index is -0.636. The SMILES string of the molecule is COc1ccc2c(c1OC)C(=O)c1cc(O)c(COCO)c(O)c1C2=O. The molecular formula is C18H16O8. The molecule has 8 nitrogen and oxygen atoms in total. The van der Waals surface area contributed by atoms with Crippen LogP contribution < -0.4 is 9.47 Å². The monoisotopic (exact) mass is 360 g/mol. The Kier molecular flexibility index (Phi) is 4.54. The molecule has 0 aromatic heterocycles. The third-order valence-electron chi connectivity index (χ3n) is 4.21. The Hall–Kier alpha value is -3.10. The molecule has 0 fully saturated rings. The Labute approximate surface area is 148 Å². The van der Waals surface area contributed by atoms with E-state index in [0.717, 1.165) is 6.07 Å². The number of rotatable bonds is 5. The van der Waals surface area contributed by atoms with E-state index in [0.29, 0.717) is 0 Å². The number of ether oxygens (including phenoxy) is 3. The fourth-order valence-corrected chi connectivity index (χ4v) is 3.01. The molecule has 0 amide bonds. The number of methoxy groups -OCH3 is 2. The molecule has 136 valence electrons. The Morgan fingerprint density at radius 3 is 2.27 bits per heavy atom. The molecule has 0 bridgehead atoms. The lowest BCUT2D eigenvalue weighted by molar-refractivity contribution is -0.0124. The molecule has 0 atom stereocenters. The van der Waals surface area contributed by atoms with Crippen molar-refractivity contribution in [3.8, 4) is 23.0 Å². The van der Waals surface area contributed by atoms with Gasteiger partial charge in [0.1, 0.15) is 18.3 Å². The lowest BCUT2D eigenvalue weighted by Crippen LogP contribution is -2.22. The van der Waals surface area contributed by atoms with E-state index in [1.54, 1.807) is 0 Å². The molecule has 0 aliphatic heterocycles. The molecule has 1 aliphatic rings. The normalized spacial score (nSPS) is 12.6. The van der Waals surface area contributed by atoms with Gasteiger partial charge in [0.15, 0.2) is 23.1 Å². The molecule has 0 unspecified atom stereocenters. The van der Waals surface area contributed by atoms with Gasteiger partial charge in [0.2, 0.25) is 0 Å². The van der Waals surface area contributed by atoms with Crippen LogP contribution in [0.25, 0.3) is 0 Å². The first-order valence-corrected chi connectivity index (χ1v) is 7.57. The van der Waals surface area contributed by atoms with E-state index >= 15 is 0 Å². The van der Waals surface area contributed by atoms with Crippen LogP contribution in [0.4, 0.5) is 0 Å². The Bertz CT molecular complexity index is 916. The summed E-state index contributed by atoms with van der Waals surface area (Å²) in [5, 5.41) is 29.3. The van der Waals surface area contributed by atoms with Crippen LogP contribution in [-0.4, -0.2) is 47.9 Å². The number of carbonyl (C=O) groups excluding carboxylic acids is 2. The highest BCUT2D eigenvalue weighted by molar-refractivity contribution is 6.30. The molecule has 26 heavy (non-hydrogen) atoms. The molecule has 0 radical (unpaired) electrons. The second-order valence-corrected chi connectivity index (χ2v) is 5.50. The van der Waals surface area contributed by atoms with E-state index in [9.17, 15) is 19.8 Å². The van der Waals surface area contributed by atoms with Crippen LogP contribution in [-0.2, 0) is 11.3 Å². The molecule has 3 N–H and O–H groups in total. The van der Waals surface area contributed by atoms with Gasteiger partial charge in [-0.25, -0.2) is 0 Å². The van der Waals surface area contributed by atoms with Gasteiger partial charge in [0.25, 0.3) is 0 Å². The van der Waals surface area contributed by atoms with Crippen molar-refractivity contribution in [2.24, 2.45) is 0 Å². The zero-order chi connectivity index (χ0) is 19.0. The number of aliphatic hydroxyl groups excluding tert-OH is 1. The van der Waals surface area contributed by atoms with Crippen LogP contribution in [0.5, 0.6) is 23.0 Å². The van der Waals surface area contributed by atoms with Gasteiger partial charge < -0.3 is 29.5 Å². The average molecular weight is 360 g/mol. The maximum absolute atomic E-state index is 12.9. The van der Waals surface area contributed by atoms with Gasteiger partial charge in [-0.3, -0.25) is 9.59 Å². The number of benzene rings is 2. The number of hydrogen-bond donors (Lipinski definition) is 3. The second-order valence-electron chi connectivity index (χ2n) is 5.50. The standard InChI is InChI=1S/C18H16O8/c1-24-12-4-3-8-14(18(12)25-2)16(22)9-5-11(20)10(6-26-7-19)17(23)13(9)15(8)21/h3-5,19-20,23H,6-7H2,1-2H3. The maximum atomic E-state index is 12.9. The summed E-state index contributed by atoms with van der Waals surface area (Å²) < 4.78 is 15.2. The molecule has 1 aliphatic carbocycles. The van der Waals surface area contributed by atoms with Crippen molar-refractivity contribution in [2.45, 2.75) is 6.61 Å². The van der Waals surface area contributed by atoms with E-state index < -0.39 is 29.9 Å². The first kappa shape index (κ1) is 17.7. The summed E-state index contributed by atoms with van der Waals surface area (Å²) in [6.45, 7) is -0.968. The molecule has 2 aromatic rings. The highest BCUT2D eigenvalue weighted by Gasteiger charge is 2.37. The molecular weight excluding hydrogens is 344 g/mol. The van der Waals surface area contributed by atoms with Crippen molar-refractivity contribution in [3.63, 3.8) is 0 Å². The zero-order valence-electron chi connectivity index (χ0n) is 14.0. The summed E-state index contributed by atoms with van der Waals surface area (Å²) in [4.78, 5) is 25.8. The summed E-state index contributed by atoms with van der Waals surface area (Å²) >= 11 is 0. The highest BCUT2D eigenvalue weighted by Crippen LogP contribution is 2.44. The number of fused-ring (bicyclic) bond motifs is 2. The fraction of sp³-hybridized carbons (Fsp3) is 0.222. The van der Waals surface area contributed by atoms with E-state index in [-0.39, 0.29) is 45.9 Å². The van der Waals surface area contributed by atoms with Gasteiger partial charge in [-0.15, -0.1) is 0 Å². The van der Waals surface area contributed by atoms with Crippen LogP contribution in [0.3, 0.4) is 0 Å². The first-order valence-electron chi connectivity index (χ1n) is 7.57. The van der Waals surface area contributed by atoms with Gasteiger partial charge in [-0.1, -0.05) is 0 Å². The van der Waals surface area contributed by atoms with Gasteiger partial charge in [0.05, 0.1) is 37.5 Å². The summed E-state index contributed by atoms with van der Waals surface area (Å²) in [5.74, 6) is -1.81. The number of hydrogen-bond acceptors (Lipinski definition) is 8. The number of phenols is 2. The van der Waals surface area contributed by atoms with Gasteiger partial charge >= 0.3 is 0 Å². The molecule has 0 saturated carbocycles. The van der Waals surface area contributed by atoms with Crippen molar-refractivity contribution in [2.75, 3.05) is 21.0 Å². The lowest BCUT2D eigenvalue weighted by atomic mass is 9.81. The largest absolute Gasteiger partial charge is 0.507 e. The Morgan fingerprint density at radius 2 is 1.65 bits per heavy atom. The van der Waals surface area contributed by atoms with Crippen molar-refractivity contribution < 1.29 is 39.1 Å². The first-order chi connectivity index (χ1) is 12.5. The predicted molar refractivity (Wildman–Crippen MR) is 88.1 cm³/mol. The van der Waals surface area contributed by atoms with E-state index in [1.165, 1.54) is 26.4 Å². The number of carbonyl (C=O) groups is 2. The minimum Gasteiger partial charge on any atom is -0.507 e.